The van der Waals surface area contributed by atoms with Crippen molar-refractivity contribution >= 4 is 60.9 Å². The number of hydrogen-bond acceptors (Lipinski definition) is 3. The van der Waals surface area contributed by atoms with Gasteiger partial charge in [-0.05, 0) is 110 Å². The van der Waals surface area contributed by atoms with Gasteiger partial charge in [0.05, 0.1) is 11.1 Å². The van der Waals surface area contributed by atoms with Crippen LogP contribution in [0, 0.1) is 0 Å². The summed E-state index contributed by atoms with van der Waals surface area (Å²) in [4.78, 5) is 2.47. The van der Waals surface area contributed by atoms with Gasteiger partial charge in [-0.15, -0.1) is 0 Å². The molecule has 316 valence electrons. The molecule has 0 bridgehead atoms. The lowest BCUT2D eigenvalue weighted by Gasteiger charge is -2.34. The van der Waals surface area contributed by atoms with Gasteiger partial charge >= 0.3 is 0 Å². The molecule has 0 radical (unpaired) electrons. The summed E-state index contributed by atoms with van der Waals surface area (Å²) in [5, 5.41) is 4.22. The molecule has 0 saturated heterocycles. The van der Waals surface area contributed by atoms with Crippen molar-refractivity contribution in [2.45, 2.75) is 24.7 Å². The van der Waals surface area contributed by atoms with Crippen LogP contribution in [-0.4, -0.2) is 0 Å². The van der Waals surface area contributed by atoms with Gasteiger partial charge in [0.1, 0.15) is 22.3 Å². The van der Waals surface area contributed by atoms with Crippen molar-refractivity contribution in [3.63, 3.8) is 0 Å². The van der Waals surface area contributed by atoms with E-state index in [4.69, 9.17) is 8.83 Å². The second-order valence-electron chi connectivity index (χ2n) is 18.7. The number of nitrogens with zero attached hydrogens (tertiary/aromatic N) is 1. The topological polar surface area (TPSA) is 29.5 Å². The third-order valence-corrected chi connectivity index (χ3v) is 14.9. The molecule has 0 amide bonds. The van der Waals surface area contributed by atoms with Crippen LogP contribution < -0.4 is 4.90 Å². The van der Waals surface area contributed by atoms with Crippen LogP contribution in [0.1, 0.15) is 47.2 Å². The minimum atomic E-state index is -0.540. The van der Waals surface area contributed by atoms with Crippen LogP contribution in [0.15, 0.2) is 233 Å². The van der Waals surface area contributed by atoms with E-state index in [2.05, 4.69) is 243 Å². The van der Waals surface area contributed by atoms with Crippen LogP contribution in [-0.2, 0) is 10.8 Å². The predicted octanol–water partition coefficient (Wildman–Crippen LogP) is 17.3. The van der Waals surface area contributed by atoms with E-state index in [-0.39, 0.29) is 5.41 Å². The van der Waals surface area contributed by atoms with Crippen LogP contribution in [0.25, 0.3) is 77.3 Å². The van der Waals surface area contributed by atoms with Crippen molar-refractivity contribution in [3.8, 4) is 33.4 Å². The molecular weight excluding hydrogens is 815 g/mol. The van der Waals surface area contributed by atoms with Crippen LogP contribution in [0.3, 0.4) is 0 Å². The highest BCUT2D eigenvalue weighted by Crippen LogP contribution is 2.60. The highest BCUT2D eigenvalue weighted by atomic mass is 16.3. The van der Waals surface area contributed by atoms with Crippen molar-refractivity contribution in [1.82, 2.24) is 0 Å². The van der Waals surface area contributed by atoms with Crippen LogP contribution in [0.4, 0.5) is 17.1 Å². The first kappa shape index (κ1) is 37.9. The number of anilines is 3. The Morgan fingerprint density at radius 3 is 1.69 bits per heavy atom. The van der Waals surface area contributed by atoms with Gasteiger partial charge in [-0.1, -0.05) is 184 Å². The quantitative estimate of drug-likeness (QED) is 0.167. The molecule has 14 rings (SSSR count). The van der Waals surface area contributed by atoms with E-state index in [0.717, 1.165) is 72.1 Å². The van der Waals surface area contributed by atoms with E-state index in [0.29, 0.717) is 0 Å². The number of furan rings is 2. The van der Waals surface area contributed by atoms with Gasteiger partial charge in [-0.3, -0.25) is 0 Å². The van der Waals surface area contributed by atoms with Gasteiger partial charge in [0, 0.05) is 50.0 Å². The molecule has 0 N–H and O–H groups in total. The molecule has 3 heteroatoms. The molecule has 67 heavy (non-hydrogen) atoms. The Morgan fingerprint density at radius 2 is 0.910 bits per heavy atom. The lowest BCUT2D eigenvalue weighted by atomic mass is 9.68. The SMILES string of the molecule is CC1(C)c2ccccc2-c2ccc(N(c3ccc4c(c3)oc3cc5c(cc34)oc3cccc(-c4ccccc4)c35)c3cccc4c3-c3ccccc3C4(c3ccccc3)c3ccccc3)cc21. The van der Waals surface area contributed by atoms with Gasteiger partial charge in [-0.2, -0.15) is 0 Å². The molecule has 12 aromatic rings. The van der Waals surface area contributed by atoms with E-state index in [1.165, 1.54) is 55.6 Å². The standard InChI is InChI=1S/C64H43NO2/c1-63(2)52-27-14-12-24-46(52)47-34-32-43(36-55(47)63)65(56-30-17-29-54-62(56)49-25-13-15-28-53(49)64(54,41-20-8-4-9-21-41)42-22-10-5-11-23-42)44-33-35-48-50-38-60-51(39-59(50)67-58(48)37-44)61-45(26-16-31-57(61)66-60)40-18-6-3-7-19-40/h3-39H,1-2H3. The average molecular weight is 858 g/mol. The summed E-state index contributed by atoms with van der Waals surface area (Å²) >= 11 is 0. The highest BCUT2D eigenvalue weighted by Gasteiger charge is 2.47. The summed E-state index contributed by atoms with van der Waals surface area (Å²) in [6.45, 7) is 4.72. The third kappa shape index (κ3) is 5.28. The molecule has 2 aliphatic rings. The summed E-state index contributed by atoms with van der Waals surface area (Å²) < 4.78 is 13.6. The fourth-order valence-electron chi connectivity index (χ4n) is 12.0. The van der Waals surface area contributed by atoms with E-state index >= 15 is 0 Å². The molecule has 2 aliphatic carbocycles. The van der Waals surface area contributed by atoms with Crippen molar-refractivity contribution in [1.29, 1.82) is 0 Å². The molecule has 0 fully saturated rings. The van der Waals surface area contributed by atoms with E-state index in [1.807, 2.05) is 0 Å². The van der Waals surface area contributed by atoms with Gasteiger partial charge in [0.15, 0.2) is 0 Å². The molecular formula is C64H43NO2. The summed E-state index contributed by atoms with van der Waals surface area (Å²) in [5.41, 5.74) is 20.9. The molecule has 0 unspecified atom stereocenters. The predicted molar refractivity (Wildman–Crippen MR) is 276 cm³/mol. The van der Waals surface area contributed by atoms with Crippen LogP contribution in [0.2, 0.25) is 0 Å². The smallest absolute Gasteiger partial charge is 0.137 e. The van der Waals surface area contributed by atoms with E-state index in [9.17, 15) is 0 Å². The van der Waals surface area contributed by atoms with Crippen molar-refractivity contribution in [3.05, 3.63) is 258 Å². The number of benzene rings is 10. The zero-order valence-electron chi connectivity index (χ0n) is 37.1. The lowest BCUT2D eigenvalue weighted by molar-refractivity contribution is 0.660. The Labute approximate surface area is 388 Å². The molecule has 0 atom stereocenters. The fourth-order valence-corrected chi connectivity index (χ4v) is 12.0. The van der Waals surface area contributed by atoms with Gasteiger partial charge in [-0.25, -0.2) is 0 Å². The van der Waals surface area contributed by atoms with Crippen molar-refractivity contribution in [2.24, 2.45) is 0 Å². The minimum Gasteiger partial charge on any atom is -0.456 e. The number of rotatable bonds is 6. The first-order valence-corrected chi connectivity index (χ1v) is 23.2. The Bertz CT molecular complexity index is 3910. The molecule has 3 nitrogen and oxygen atoms in total. The fraction of sp³-hybridized carbons (Fsp3) is 0.0625. The maximum absolute atomic E-state index is 6.97. The average Bonchev–Trinajstić information content (AvgIpc) is 4.09. The van der Waals surface area contributed by atoms with Crippen LogP contribution in [0.5, 0.6) is 0 Å². The van der Waals surface area contributed by atoms with E-state index < -0.39 is 5.41 Å². The zero-order valence-corrected chi connectivity index (χ0v) is 37.1. The van der Waals surface area contributed by atoms with Crippen molar-refractivity contribution < 1.29 is 8.83 Å². The summed E-state index contributed by atoms with van der Waals surface area (Å²) in [7, 11) is 0. The molecule has 2 aromatic heterocycles. The Kier molecular flexibility index (Phi) is 7.95. The monoisotopic (exact) mass is 857 g/mol. The Morgan fingerprint density at radius 1 is 0.358 bits per heavy atom. The van der Waals surface area contributed by atoms with Gasteiger partial charge in [0.2, 0.25) is 0 Å². The second kappa shape index (κ2) is 14.1. The van der Waals surface area contributed by atoms with Crippen molar-refractivity contribution in [2.75, 3.05) is 4.90 Å². The molecule has 10 aromatic carbocycles. The maximum atomic E-state index is 6.97. The Hall–Kier alpha value is -8.40. The van der Waals surface area contributed by atoms with Gasteiger partial charge < -0.3 is 13.7 Å². The normalized spacial score (nSPS) is 14.1. The maximum Gasteiger partial charge on any atom is 0.137 e. The Balaban J connectivity index is 1.02. The third-order valence-electron chi connectivity index (χ3n) is 14.9. The summed E-state index contributed by atoms with van der Waals surface area (Å²) in [6, 6.07) is 81.9. The first-order chi connectivity index (χ1) is 33.0. The number of fused-ring (bicyclic) bond motifs is 12. The number of hydrogen-bond donors (Lipinski definition) is 0. The molecule has 2 heterocycles. The van der Waals surface area contributed by atoms with Crippen LogP contribution >= 0.6 is 0 Å². The first-order valence-electron chi connectivity index (χ1n) is 23.2. The molecule has 0 saturated carbocycles. The van der Waals surface area contributed by atoms with E-state index in [1.54, 1.807) is 0 Å². The minimum absolute atomic E-state index is 0.182. The highest BCUT2D eigenvalue weighted by molar-refractivity contribution is 6.18. The molecule has 0 spiro atoms. The molecule has 0 aliphatic heterocycles. The second-order valence-corrected chi connectivity index (χ2v) is 18.7. The summed E-state index contributed by atoms with van der Waals surface area (Å²) in [5.74, 6) is 0. The van der Waals surface area contributed by atoms with Gasteiger partial charge in [0.25, 0.3) is 0 Å². The zero-order chi connectivity index (χ0) is 44.4. The largest absolute Gasteiger partial charge is 0.456 e. The summed E-state index contributed by atoms with van der Waals surface area (Å²) in [6.07, 6.45) is 0. The lowest BCUT2D eigenvalue weighted by Crippen LogP contribution is -2.28.